The van der Waals surface area contributed by atoms with Crippen LogP contribution in [0.2, 0.25) is 0 Å². The number of benzene rings is 1. The van der Waals surface area contributed by atoms with Crippen LogP contribution >= 0.6 is 0 Å². The van der Waals surface area contributed by atoms with Crippen LogP contribution in [0.25, 0.3) is 0 Å². The molecule has 1 saturated heterocycles. The summed E-state index contributed by atoms with van der Waals surface area (Å²) in [6, 6.07) is 6.31. The first-order valence-electron chi connectivity index (χ1n) is 7.38. The summed E-state index contributed by atoms with van der Waals surface area (Å²) in [5.41, 5.74) is 0.723. The van der Waals surface area contributed by atoms with E-state index in [1.807, 2.05) is 13.0 Å². The number of nitrogens with one attached hydrogen (secondary N) is 1. The van der Waals surface area contributed by atoms with Gasteiger partial charge in [0.25, 0.3) is 0 Å². The van der Waals surface area contributed by atoms with E-state index in [4.69, 9.17) is 0 Å². The fourth-order valence-corrected chi connectivity index (χ4v) is 2.74. The van der Waals surface area contributed by atoms with Crippen LogP contribution in [-0.2, 0) is 4.79 Å². The predicted octanol–water partition coefficient (Wildman–Crippen LogP) is 2.28. The van der Waals surface area contributed by atoms with Gasteiger partial charge in [0, 0.05) is 6.54 Å². The van der Waals surface area contributed by atoms with Crippen molar-refractivity contribution in [3.8, 4) is 0 Å². The van der Waals surface area contributed by atoms with Gasteiger partial charge >= 0.3 is 0 Å². The van der Waals surface area contributed by atoms with Crippen molar-refractivity contribution in [3.63, 3.8) is 0 Å². The third-order valence-electron chi connectivity index (χ3n) is 4.46. The second-order valence-corrected chi connectivity index (χ2v) is 6.18. The lowest BCUT2D eigenvalue weighted by molar-refractivity contribution is -0.123. The SMILES string of the molecule is CC(C(=O)NC1(CN2CCC2)CC1)c1cccc(F)c1. The average molecular weight is 276 g/mol. The highest BCUT2D eigenvalue weighted by Crippen LogP contribution is 2.37. The van der Waals surface area contributed by atoms with Gasteiger partial charge in [-0.25, -0.2) is 4.39 Å². The van der Waals surface area contributed by atoms with Gasteiger partial charge in [-0.05, 0) is 57.0 Å². The fraction of sp³-hybridized carbons (Fsp3) is 0.562. The second-order valence-electron chi connectivity index (χ2n) is 6.18. The smallest absolute Gasteiger partial charge is 0.227 e. The molecule has 0 aromatic heterocycles. The predicted molar refractivity (Wildman–Crippen MR) is 76.0 cm³/mol. The van der Waals surface area contributed by atoms with Crippen molar-refractivity contribution in [2.24, 2.45) is 0 Å². The summed E-state index contributed by atoms with van der Waals surface area (Å²) < 4.78 is 13.2. The first-order chi connectivity index (χ1) is 9.58. The lowest BCUT2D eigenvalue weighted by Crippen LogP contribution is -2.50. The van der Waals surface area contributed by atoms with E-state index >= 15 is 0 Å². The second kappa shape index (κ2) is 5.17. The molecule has 108 valence electrons. The van der Waals surface area contributed by atoms with E-state index in [1.54, 1.807) is 6.07 Å². The minimum absolute atomic E-state index is 0.00798. The maximum absolute atomic E-state index is 13.2. The Morgan fingerprint density at radius 3 is 2.75 bits per heavy atom. The van der Waals surface area contributed by atoms with Crippen LogP contribution in [0.3, 0.4) is 0 Å². The van der Waals surface area contributed by atoms with Crippen molar-refractivity contribution in [1.29, 1.82) is 0 Å². The highest BCUT2D eigenvalue weighted by Gasteiger charge is 2.46. The topological polar surface area (TPSA) is 32.3 Å². The van der Waals surface area contributed by atoms with Crippen LogP contribution in [0.15, 0.2) is 24.3 Å². The molecule has 4 heteroatoms. The Bertz CT molecular complexity index is 509. The Morgan fingerprint density at radius 1 is 1.45 bits per heavy atom. The highest BCUT2D eigenvalue weighted by atomic mass is 19.1. The minimum Gasteiger partial charge on any atom is -0.349 e. The summed E-state index contributed by atoms with van der Waals surface area (Å²) in [5.74, 6) is -0.586. The molecule has 1 atom stereocenters. The van der Waals surface area contributed by atoms with E-state index in [-0.39, 0.29) is 23.2 Å². The van der Waals surface area contributed by atoms with Crippen molar-refractivity contribution < 1.29 is 9.18 Å². The number of carbonyl (C=O) groups is 1. The van der Waals surface area contributed by atoms with Gasteiger partial charge in [-0.3, -0.25) is 4.79 Å². The number of likely N-dealkylation sites (tertiary alicyclic amines) is 1. The zero-order chi connectivity index (χ0) is 14.2. The van der Waals surface area contributed by atoms with E-state index in [2.05, 4.69) is 10.2 Å². The van der Waals surface area contributed by atoms with Crippen LogP contribution in [0.5, 0.6) is 0 Å². The molecule has 1 saturated carbocycles. The van der Waals surface area contributed by atoms with Gasteiger partial charge in [0.05, 0.1) is 11.5 Å². The molecule has 2 fully saturated rings. The van der Waals surface area contributed by atoms with Crippen LogP contribution in [-0.4, -0.2) is 36.0 Å². The van der Waals surface area contributed by atoms with Crippen molar-refractivity contribution >= 4 is 5.91 Å². The Balaban J connectivity index is 1.61. The number of hydrogen-bond donors (Lipinski definition) is 1. The van der Waals surface area contributed by atoms with E-state index in [0.29, 0.717) is 0 Å². The molecule has 20 heavy (non-hydrogen) atoms. The monoisotopic (exact) mass is 276 g/mol. The fourth-order valence-electron chi connectivity index (χ4n) is 2.74. The Morgan fingerprint density at radius 2 is 2.20 bits per heavy atom. The molecule has 1 amide bonds. The lowest BCUT2D eigenvalue weighted by Gasteiger charge is -2.35. The van der Waals surface area contributed by atoms with Crippen LogP contribution < -0.4 is 5.32 Å². The molecule has 1 aliphatic heterocycles. The number of rotatable bonds is 5. The molecule has 1 unspecified atom stereocenters. The number of hydrogen-bond acceptors (Lipinski definition) is 2. The van der Waals surface area contributed by atoms with Gasteiger partial charge in [-0.1, -0.05) is 12.1 Å². The molecule has 0 spiro atoms. The summed E-state index contributed by atoms with van der Waals surface area (Å²) in [6.45, 7) is 5.10. The molecule has 1 aromatic carbocycles. The quantitative estimate of drug-likeness (QED) is 0.895. The number of amides is 1. The number of nitrogens with zero attached hydrogens (tertiary/aromatic N) is 1. The third-order valence-corrected chi connectivity index (χ3v) is 4.46. The summed E-state index contributed by atoms with van der Waals surface area (Å²) in [5, 5.41) is 3.18. The molecular weight excluding hydrogens is 255 g/mol. The van der Waals surface area contributed by atoms with Crippen LogP contribution in [0, 0.1) is 5.82 Å². The number of halogens is 1. The Labute approximate surface area is 119 Å². The van der Waals surface area contributed by atoms with Gasteiger partial charge in [0.2, 0.25) is 5.91 Å². The van der Waals surface area contributed by atoms with E-state index in [1.165, 1.54) is 18.6 Å². The molecule has 1 aliphatic carbocycles. The Hall–Kier alpha value is -1.42. The summed E-state index contributed by atoms with van der Waals surface area (Å²) in [4.78, 5) is 14.7. The molecule has 1 heterocycles. The van der Waals surface area contributed by atoms with Gasteiger partial charge in [-0.15, -0.1) is 0 Å². The first-order valence-corrected chi connectivity index (χ1v) is 7.38. The highest BCUT2D eigenvalue weighted by molar-refractivity contribution is 5.84. The summed E-state index contributed by atoms with van der Waals surface area (Å²) in [6.07, 6.45) is 3.39. The third kappa shape index (κ3) is 2.85. The largest absolute Gasteiger partial charge is 0.349 e. The van der Waals surface area contributed by atoms with E-state index in [0.717, 1.165) is 38.0 Å². The van der Waals surface area contributed by atoms with Crippen molar-refractivity contribution in [2.45, 2.75) is 37.6 Å². The molecule has 0 radical (unpaired) electrons. The standard InChI is InChI=1S/C16H21FN2O/c1-12(13-4-2-5-14(17)10-13)15(20)18-16(6-7-16)11-19-8-3-9-19/h2,4-5,10,12H,3,6-9,11H2,1H3,(H,18,20). The molecule has 3 nitrogen and oxygen atoms in total. The molecule has 2 aliphatic rings. The molecule has 1 N–H and O–H groups in total. The van der Waals surface area contributed by atoms with Gasteiger partial charge in [0.1, 0.15) is 5.82 Å². The first kappa shape index (κ1) is 13.6. The summed E-state index contributed by atoms with van der Waals surface area (Å²) in [7, 11) is 0. The van der Waals surface area contributed by atoms with Crippen LogP contribution in [0.1, 0.15) is 37.7 Å². The summed E-state index contributed by atoms with van der Waals surface area (Å²) >= 11 is 0. The zero-order valence-electron chi connectivity index (χ0n) is 11.9. The Kier molecular flexibility index (Phi) is 3.50. The molecular formula is C16H21FN2O. The molecule has 3 rings (SSSR count). The van der Waals surface area contributed by atoms with E-state index in [9.17, 15) is 9.18 Å². The average Bonchev–Trinajstić information content (AvgIpc) is 3.13. The molecule has 1 aromatic rings. The van der Waals surface area contributed by atoms with Gasteiger partial charge in [0.15, 0.2) is 0 Å². The zero-order valence-corrected chi connectivity index (χ0v) is 11.9. The molecule has 0 bridgehead atoms. The van der Waals surface area contributed by atoms with Gasteiger partial charge in [-0.2, -0.15) is 0 Å². The van der Waals surface area contributed by atoms with Crippen molar-refractivity contribution in [1.82, 2.24) is 10.2 Å². The van der Waals surface area contributed by atoms with Gasteiger partial charge < -0.3 is 10.2 Å². The minimum atomic E-state index is -0.306. The number of carbonyl (C=O) groups excluding carboxylic acids is 1. The van der Waals surface area contributed by atoms with E-state index < -0.39 is 0 Å². The maximum Gasteiger partial charge on any atom is 0.227 e. The normalized spacial score (nSPS) is 21.9. The van der Waals surface area contributed by atoms with Crippen LogP contribution in [0.4, 0.5) is 4.39 Å². The van der Waals surface area contributed by atoms with Crippen molar-refractivity contribution in [2.75, 3.05) is 19.6 Å². The lowest BCUT2D eigenvalue weighted by atomic mass is 9.99. The maximum atomic E-state index is 13.2. The van der Waals surface area contributed by atoms with Crippen molar-refractivity contribution in [3.05, 3.63) is 35.6 Å².